The first kappa shape index (κ1) is 13.8. The number of hydrogen-bond acceptors (Lipinski definition) is 5. The number of nitrogens with zero attached hydrogens (tertiary/aromatic N) is 2. The smallest absolute Gasteiger partial charge is 0.349 e. The van der Waals surface area contributed by atoms with Crippen LogP contribution in [-0.4, -0.2) is 82.5 Å². The molecule has 0 aliphatic carbocycles. The third-order valence-electron chi connectivity index (χ3n) is 3.38. The van der Waals surface area contributed by atoms with E-state index in [2.05, 4.69) is 23.4 Å². The molecule has 100 valence electrons. The van der Waals surface area contributed by atoms with Crippen molar-refractivity contribution in [3.8, 4) is 0 Å². The van der Waals surface area contributed by atoms with Gasteiger partial charge in [0.1, 0.15) is 0 Å². The van der Waals surface area contributed by atoms with E-state index < -0.39 is 8.56 Å². The van der Waals surface area contributed by atoms with Crippen LogP contribution >= 0.6 is 11.8 Å². The van der Waals surface area contributed by atoms with Crippen molar-refractivity contribution in [2.45, 2.75) is 6.55 Å². The Morgan fingerprint density at radius 2 is 1.65 bits per heavy atom. The van der Waals surface area contributed by atoms with Gasteiger partial charge < -0.3 is 13.8 Å². The van der Waals surface area contributed by atoms with Gasteiger partial charge in [0.05, 0.1) is 0 Å². The second kappa shape index (κ2) is 6.54. The van der Waals surface area contributed by atoms with E-state index in [9.17, 15) is 0 Å². The molecule has 0 aromatic rings. The standard InChI is InChI=1S/C11H24N2O2SSi/c1-12-3-5-13(6-4-12)11-17(2)14-7-9-16-10-8-15-17/h3-11H2,1-2H3. The Labute approximate surface area is 110 Å². The summed E-state index contributed by atoms with van der Waals surface area (Å²) in [4.78, 5) is 4.90. The summed E-state index contributed by atoms with van der Waals surface area (Å²) in [6, 6.07) is 0. The van der Waals surface area contributed by atoms with Crippen molar-refractivity contribution >= 4 is 20.3 Å². The summed E-state index contributed by atoms with van der Waals surface area (Å²) in [6.07, 6.45) is 1.03. The lowest BCUT2D eigenvalue weighted by atomic mass is 10.4. The third kappa shape index (κ3) is 4.53. The largest absolute Gasteiger partial charge is 0.393 e. The molecule has 2 heterocycles. The molecule has 0 amide bonds. The molecule has 2 aliphatic heterocycles. The highest BCUT2D eigenvalue weighted by molar-refractivity contribution is 7.99. The Morgan fingerprint density at radius 1 is 1.06 bits per heavy atom. The normalized spacial score (nSPS) is 28.6. The molecule has 0 unspecified atom stereocenters. The van der Waals surface area contributed by atoms with Crippen LogP contribution in [0.5, 0.6) is 0 Å². The highest BCUT2D eigenvalue weighted by Gasteiger charge is 2.35. The Kier molecular flexibility index (Phi) is 5.32. The molecule has 2 aliphatic rings. The Hall–Kier alpha value is 0.407. The number of thioether (sulfide) groups is 1. The SMILES string of the molecule is CN1CCN(C[Si]2(C)OCCSCCO2)CC1. The van der Waals surface area contributed by atoms with Gasteiger partial charge >= 0.3 is 8.56 Å². The van der Waals surface area contributed by atoms with Gasteiger partial charge in [0, 0.05) is 57.1 Å². The molecule has 2 fully saturated rings. The zero-order valence-corrected chi connectivity index (χ0v) is 12.8. The summed E-state index contributed by atoms with van der Waals surface area (Å²) >= 11 is 1.93. The average molecular weight is 276 g/mol. The summed E-state index contributed by atoms with van der Waals surface area (Å²) in [5, 5.41) is 0. The maximum atomic E-state index is 6.04. The van der Waals surface area contributed by atoms with Crippen LogP contribution in [0, 0.1) is 0 Å². The first-order chi connectivity index (χ1) is 8.18. The van der Waals surface area contributed by atoms with E-state index in [1.165, 1.54) is 13.1 Å². The Balaban J connectivity index is 1.82. The minimum absolute atomic E-state index is 0.862. The quantitative estimate of drug-likeness (QED) is 0.689. The van der Waals surface area contributed by atoms with Gasteiger partial charge in [-0.25, -0.2) is 0 Å². The molecular weight excluding hydrogens is 252 g/mol. The number of hydrogen-bond donors (Lipinski definition) is 0. The van der Waals surface area contributed by atoms with Crippen LogP contribution in [0.1, 0.15) is 0 Å². The Morgan fingerprint density at radius 3 is 2.24 bits per heavy atom. The minimum atomic E-state index is -1.93. The van der Waals surface area contributed by atoms with E-state index in [1.54, 1.807) is 0 Å². The van der Waals surface area contributed by atoms with E-state index in [0.717, 1.165) is 44.0 Å². The molecule has 0 spiro atoms. The summed E-state index contributed by atoms with van der Waals surface area (Å²) in [5.41, 5.74) is 0. The van der Waals surface area contributed by atoms with Crippen LogP contribution in [0.4, 0.5) is 0 Å². The van der Waals surface area contributed by atoms with E-state index in [-0.39, 0.29) is 0 Å². The molecule has 0 aromatic carbocycles. The maximum Gasteiger partial charge on any atom is 0.349 e. The summed E-state index contributed by atoms with van der Waals surface area (Å²) in [5.74, 6) is 2.24. The van der Waals surface area contributed by atoms with Crippen molar-refractivity contribution in [2.24, 2.45) is 0 Å². The summed E-state index contributed by atoms with van der Waals surface area (Å²) < 4.78 is 12.1. The zero-order valence-electron chi connectivity index (χ0n) is 11.0. The first-order valence-corrected chi connectivity index (χ1v) is 10.1. The van der Waals surface area contributed by atoms with E-state index in [1.807, 2.05) is 11.8 Å². The van der Waals surface area contributed by atoms with Crippen molar-refractivity contribution in [3.63, 3.8) is 0 Å². The lowest BCUT2D eigenvalue weighted by Gasteiger charge is -2.38. The fourth-order valence-corrected chi connectivity index (χ4v) is 5.64. The Bertz CT molecular complexity index is 230. The molecule has 0 bridgehead atoms. The first-order valence-electron chi connectivity index (χ1n) is 6.44. The minimum Gasteiger partial charge on any atom is -0.393 e. The van der Waals surface area contributed by atoms with Crippen molar-refractivity contribution in [2.75, 3.05) is 64.1 Å². The number of rotatable bonds is 2. The maximum absolute atomic E-state index is 6.04. The van der Waals surface area contributed by atoms with Crippen LogP contribution in [0.3, 0.4) is 0 Å². The van der Waals surface area contributed by atoms with E-state index >= 15 is 0 Å². The molecule has 2 rings (SSSR count). The molecule has 17 heavy (non-hydrogen) atoms. The second-order valence-electron chi connectivity index (χ2n) is 5.02. The van der Waals surface area contributed by atoms with Crippen molar-refractivity contribution in [1.82, 2.24) is 9.80 Å². The van der Waals surface area contributed by atoms with Gasteiger partial charge in [0.15, 0.2) is 0 Å². The molecule has 6 heteroatoms. The van der Waals surface area contributed by atoms with Crippen molar-refractivity contribution in [1.29, 1.82) is 0 Å². The lowest BCUT2D eigenvalue weighted by Crippen LogP contribution is -2.55. The average Bonchev–Trinajstić information content (AvgIpc) is 2.28. The van der Waals surface area contributed by atoms with Crippen LogP contribution < -0.4 is 0 Å². The predicted octanol–water partition coefficient (Wildman–Crippen LogP) is 0.625. The number of likely N-dealkylation sites (N-methyl/N-ethyl adjacent to an activating group) is 1. The molecule has 0 radical (unpaired) electrons. The van der Waals surface area contributed by atoms with Gasteiger partial charge in [0.2, 0.25) is 0 Å². The van der Waals surface area contributed by atoms with Crippen molar-refractivity contribution in [3.05, 3.63) is 0 Å². The molecule has 0 atom stereocenters. The monoisotopic (exact) mass is 276 g/mol. The third-order valence-corrected chi connectivity index (χ3v) is 6.94. The molecule has 0 aromatic heterocycles. The van der Waals surface area contributed by atoms with Crippen LogP contribution in [0.2, 0.25) is 6.55 Å². The summed E-state index contributed by atoms with van der Waals surface area (Å²) in [7, 11) is 0.257. The lowest BCUT2D eigenvalue weighted by molar-refractivity contribution is 0.131. The fraction of sp³-hybridized carbons (Fsp3) is 1.00. The van der Waals surface area contributed by atoms with E-state index in [4.69, 9.17) is 8.85 Å². The topological polar surface area (TPSA) is 24.9 Å². The molecule has 4 nitrogen and oxygen atoms in total. The van der Waals surface area contributed by atoms with E-state index in [0.29, 0.717) is 0 Å². The van der Waals surface area contributed by atoms with Gasteiger partial charge in [0.25, 0.3) is 0 Å². The number of piperazine rings is 1. The zero-order chi connectivity index (χ0) is 12.1. The van der Waals surface area contributed by atoms with Gasteiger partial charge in [-0.2, -0.15) is 11.8 Å². The molecule has 0 saturated carbocycles. The highest BCUT2D eigenvalue weighted by Crippen LogP contribution is 2.16. The van der Waals surface area contributed by atoms with Gasteiger partial charge in [-0.3, -0.25) is 4.90 Å². The van der Waals surface area contributed by atoms with Gasteiger partial charge in [-0.05, 0) is 13.6 Å². The fourth-order valence-electron chi connectivity index (χ4n) is 2.28. The highest BCUT2D eigenvalue weighted by atomic mass is 32.2. The molecule has 2 saturated heterocycles. The van der Waals surface area contributed by atoms with Crippen LogP contribution in [-0.2, 0) is 8.85 Å². The summed E-state index contributed by atoms with van der Waals surface area (Å²) in [6.45, 7) is 8.59. The van der Waals surface area contributed by atoms with Gasteiger partial charge in [-0.15, -0.1) is 0 Å². The molecule has 0 N–H and O–H groups in total. The molecular formula is C11H24N2O2SSi. The van der Waals surface area contributed by atoms with Crippen LogP contribution in [0.25, 0.3) is 0 Å². The van der Waals surface area contributed by atoms with Gasteiger partial charge in [-0.1, -0.05) is 0 Å². The van der Waals surface area contributed by atoms with Crippen LogP contribution in [0.15, 0.2) is 0 Å². The second-order valence-corrected chi connectivity index (χ2v) is 9.41. The van der Waals surface area contributed by atoms with Crippen molar-refractivity contribution < 1.29 is 8.85 Å². The predicted molar refractivity (Wildman–Crippen MR) is 74.8 cm³/mol.